The monoisotopic (exact) mass is 437 g/mol. The van der Waals surface area contributed by atoms with Crippen molar-refractivity contribution in [2.45, 2.75) is 13.0 Å². The fraction of sp³-hybridized carbons (Fsp3) is 0.375. The molecule has 3 heterocycles. The average Bonchev–Trinajstić information content (AvgIpc) is 3.08. The van der Waals surface area contributed by atoms with E-state index in [1.165, 1.54) is 4.90 Å². The second-order valence-electron chi connectivity index (χ2n) is 7.92. The van der Waals surface area contributed by atoms with E-state index < -0.39 is 17.7 Å². The first-order valence-corrected chi connectivity index (χ1v) is 10.6. The third-order valence-corrected chi connectivity index (χ3v) is 5.97. The molecule has 8 nitrogen and oxygen atoms in total. The van der Waals surface area contributed by atoms with Gasteiger partial charge in [0.15, 0.2) is 0 Å². The maximum atomic E-state index is 13.1. The predicted octanol–water partition coefficient (Wildman–Crippen LogP) is 2.15. The molecule has 2 aliphatic rings. The number of nitrogens with zero attached hydrogens (tertiary/aromatic N) is 3. The van der Waals surface area contributed by atoms with Gasteiger partial charge in [0.1, 0.15) is 11.5 Å². The van der Waals surface area contributed by atoms with Gasteiger partial charge >= 0.3 is 0 Å². The van der Waals surface area contributed by atoms with Gasteiger partial charge in [0.25, 0.3) is 11.7 Å². The van der Waals surface area contributed by atoms with E-state index in [-0.39, 0.29) is 11.3 Å². The minimum Gasteiger partial charge on any atom is -0.507 e. The summed E-state index contributed by atoms with van der Waals surface area (Å²) in [5.74, 6) is -0.821. The van der Waals surface area contributed by atoms with Crippen LogP contribution in [0.1, 0.15) is 22.7 Å². The van der Waals surface area contributed by atoms with Crippen LogP contribution in [0.25, 0.3) is 5.76 Å². The highest BCUT2D eigenvalue weighted by Crippen LogP contribution is 2.39. The molecule has 1 aromatic heterocycles. The van der Waals surface area contributed by atoms with Crippen molar-refractivity contribution in [1.29, 1.82) is 0 Å². The van der Waals surface area contributed by atoms with Crippen molar-refractivity contribution in [2.24, 2.45) is 0 Å². The number of aliphatic hydroxyl groups is 1. The molecular weight excluding hydrogens is 410 g/mol. The first-order chi connectivity index (χ1) is 15.5. The topological polar surface area (TPSA) is 92.2 Å². The fourth-order valence-electron chi connectivity index (χ4n) is 4.25. The molecule has 4 rings (SSSR count). The molecular formula is C24H27N3O5. The third kappa shape index (κ3) is 4.24. The number of carbonyl (C=O) groups is 2. The van der Waals surface area contributed by atoms with Crippen molar-refractivity contribution in [3.05, 3.63) is 65.0 Å². The Bertz CT molecular complexity index is 1030. The molecule has 8 heteroatoms. The molecule has 1 atom stereocenters. The van der Waals surface area contributed by atoms with E-state index in [1.807, 2.05) is 13.0 Å². The smallest absolute Gasteiger partial charge is 0.295 e. The minimum atomic E-state index is -0.702. The Hall–Kier alpha value is -3.23. The van der Waals surface area contributed by atoms with Crippen molar-refractivity contribution >= 4 is 17.4 Å². The normalized spacial score (nSPS) is 21.2. The lowest BCUT2D eigenvalue weighted by molar-refractivity contribution is -0.140. The van der Waals surface area contributed by atoms with Crippen molar-refractivity contribution in [3.8, 4) is 5.75 Å². The molecule has 32 heavy (non-hydrogen) atoms. The van der Waals surface area contributed by atoms with E-state index in [0.717, 1.165) is 18.7 Å². The Morgan fingerprint density at radius 2 is 2.00 bits per heavy atom. The summed E-state index contributed by atoms with van der Waals surface area (Å²) in [5.41, 5.74) is 2.04. The van der Waals surface area contributed by atoms with E-state index >= 15 is 0 Å². The number of aryl methyl sites for hydroxylation is 1. The standard InChI is InChI=1S/C24H27N3O5/c1-16-14-17(5-6-19(16)31-2)22(28)20-21(18-4-3-7-25-15-18)27(24(30)23(20)29)9-8-26-10-12-32-13-11-26/h3-7,14-15,21,28H,8-13H2,1-2H3/t21-/m1/s1. The number of aromatic nitrogens is 1. The van der Waals surface area contributed by atoms with Crippen LogP contribution in [0.5, 0.6) is 5.75 Å². The molecule has 168 valence electrons. The van der Waals surface area contributed by atoms with Gasteiger partial charge in [0.2, 0.25) is 0 Å². The number of methoxy groups -OCH3 is 1. The van der Waals surface area contributed by atoms with E-state index in [9.17, 15) is 14.7 Å². The Labute approximate surface area is 187 Å². The van der Waals surface area contributed by atoms with Gasteiger partial charge in [-0.15, -0.1) is 0 Å². The van der Waals surface area contributed by atoms with Crippen LogP contribution in [-0.4, -0.2) is 78.1 Å². The minimum absolute atomic E-state index is 0.0783. The molecule has 1 N–H and O–H groups in total. The van der Waals surface area contributed by atoms with Crippen LogP contribution in [0, 0.1) is 6.92 Å². The SMILES string of the molecule is COc1ccc(C(O)=C2C(=O)C(=O)N(CCN3CCOCC3)[C@@H]2c2cccnc2)cc1C. The number of likely N-dealkylation sites (tertiary alicyclic amines) is 1. The zero-order valence-corrected chi connectivity index (χ0v) is 18.3. The molecule has 2 aromatic rings. The van der Waals surface area contributed by atoms with Crippen LogP contribution in [0.2, 0.25) is 0 Å². The molecule has 0 saturated carbocycles. The third-order valence-electron chi connectivity index (χ3n) is 5.97. The van der Waals surface area contributed by atoms with Crippen LogP contribution in [0.4, 0.5) is 0 Å². The molecule has 1 aromatic carbocycles. The number of amides is 1. The summed E-state index contributed by atoms with van der Waals surface area (Å²) in [5, 5.41) is 11.2. The Morgan fingerprint density at radius 1 is 1.22 bits per heavy atom. The average molecular weight is 437 g/mol. The molecule has 0 aliphatic carbocycles. The lowest BCUT2D eigenvalue weighted by atomic mass is 9.95. The van der Waals surface area contributed by atoms with Crippen LogP contribution in [0.15, 0.2) is 48.3 Å². The van der Waals surface area contributed by atoms with Gasteiger partial charge in [-0.05, 0) is 42.3 Å². The maximum Gasteiger partial charge on any atom is 0.295 e. The van der Waals surface area contributed by atoms with Crippen molar-refractivity contribution in [3.63, 3.8) is 0 Å². The summed E-state index contributed by atoms with van der Waals surface area (Å²) in [6.45, 7) is 5.72. The number of rotatable bonds is 6. The second-order valence-corrected chi connectivity index (χ2v) is 7.92. The van der Waals surface area contributed by atoms with Gasteiger partial charge in [0, 0.05) is 44.1 Å². The molecule has 0 unspecified atom stereocenters. The lowest BCUT2D eigenvalue weighted by Gasteiger charge is -2.30. The number of morpholine rings is 1. The molecule has 2 aliphatic heterocycles. The summed E-state index contributed by atoms with van der Waals surface area (Å²) in [4.78, 5) is 34.0. The number of ether oxygens (including phenoxy) is 2. The Kier molecular flexibility index (Phi) is 6.53. The predicted molar refractivity (Wildman–Crippen MR) is 118 cm³/mol. The van der Waals surface area contributed by atoms with Crippen molar-refractivity contribution in [2.75, 3.05) is 46.5 Å². The largest absolute Gasteiger partial charge is 0.507 e. The quantitative estimate of drug-likeness (QED) is 0.421. The van der Waals surface area contributed by atoms with Crippen molar-refractivity contribution < 1.29 is 24.2 Å². The van der Waals surface area contributed by atoms with Gasteiger partial charge in [-0.3, -0.25) is 19.5 Å². The van der Waals surface area contributed by atoms with Gasteiger partial charge in [0.05, 0.1) is 31.9 Å². The van der Waals surface area contributed by atoms with Crippen LogP contribution in [0.3, 0.4) is 0 Å². The molecule has 2 fully saturated rings. The fourth-order valence-corrected chi connectivity index (χ4v) is 4.25. The zero-order valence-electron chi connectivity index (χ0n) is 18.3. The zero-order chi connectivity index (χ0) is 22.7. The van der Waals surface area contributed by atoms with Gasteiger partial charge in [-0.25, -0.2) is 0 Å². The highest BCUT2D eigenvalue weighted by Gasteiger charge is 2.46. The second kappa shape index (κ2) is 9.50. The van der Waals surface area contributed by atoms with Crippen molar-refractivity contribution in [1.82, 2.24) is 14.8 Å². The molecule has 1 amide bonds. The lowest BCUT2D eigenvalue weighted by Crippen LogP contribution is -2.42. The summed E-state index contributed by atoms with van der Waals surface area (Å²) in [6, 6.07) is 8.04. The maximum absolute atomic E-state index is 13.1. The van der Waals surface area contributed by atoms with Crippen LogP contribution in [-0.2, 0) is 14.3 Å². The summed E-state index contributed by atoms with van der Waals surface area (Å²) in [6.07, 6.45) is 3.26. The Balaban J connectivity index is 1.72. The van der Waals surface area contributed by atoms with E-state index in [2.05, 4.69) is 9.88 Å². The number of Topliss-reactive ketones (excluding diaryl/α,β-unsaturated/α-hetero) is 1. The highest BCUT2D eigenvalue weighted by atomic mass is 16.5. The van der Waals surface area contributed by atoms with Gasteiger partial charge < -0.3 is 19.5 Å². The summed E-state index contributed by atoms with van der Waals surface area (Å²) < 4.78 is 10.7. The van der Waals surface area contributed by atoms with Gasteiger partial charge in [-0.2, -0.15) is 0 Å². The van der Waals surface area contributed by atoms with E-state index in [0.29, 0.717) is 43.2 Å². The number of hydrogen-bond acceptors (Lipinski definition) is 7. The van der Waals surface area contributed by atoms with Crippen LogP contribution < -0.4 is 4.74 Å². The highest BCUT2D eigenvalue weighted by molar-refractivity contribution is 6.46. The number of ketones is 1. The first-order valence-electron chi connectivity index (χ1n) is 10.6. The molecule has 0 spiro atoms. The number of pyridine rings is 1. The number of hydrogen-bond donors (Lipinski definition) is 1. The number of benzene rings is 1. The Morgan fingerprint density at radius 3 is 2.66 bits per heavy atom. The van der Waals surface area contributed by atoms with Crippen LogP contribution >= 0.6 is 0 Å². The first kappa shape index (κ1) is 22.0. The number of carbonyl (C=O) groups excluding carboxylic acids is 2. The van der Waals surface area contributed by atoms with E-state index in [4.69, 9.17) is 9.47 Å². The molecule has 0 bridgehead atoms. The summed E-state index contributed by atoms with van der Waals surface area (Å²) in [7, 11) is 1.57. The molecule has 2 saturated heterocycles. The van der Waals surface area contributed by atoms with E-state index in [1.54, 1.807) is 43.8 Å². The molecule has 0 radical (unpaired) electrons. The van der Waals surface area contributed by atoms with Gasteiger partial charge in [-0.1, -0.05) is 6.07 Å². The number of aliphatic hydroxyl groups excluding tert-OH is 1. The summed E-state index contributed by atoms with van der Waals surface area (Å²) >= 11 is 0.